The van der Waals surface area contributed by atoms with Crippen molar-refractivity contribution in [1.82, 2.24) is 24.4 Å². The first kappa shape index (κ1) is 14.8. The average Bonchev–Trinajstić information content (AvgIpc) is 3.09. The van der Waals surface area contributed by atoms with Crippen LogP contribution in [0.3, 0.4) is 0 Å². The molecule has 1 saturated heterocycles. The van der Waals surface area contributed by atoms with Crippen molar-refractivity contribution < 1.29 is 0 Å². The maximum Gasteiger partial charge on any atom is 0.269 e. The zero-order valence-electron chi connectivity index (χ0n) is 13.3. The van der Waals surface area contributed by atoms with E-state index in [1.807, 2.05) is 16.8 Å². The number of nitrogens with zero attached hydrogens (tertiary/aromatic N) is 5. The van der Waals surface area contributed by atoms with Gasteiger partial charge in [-0.1, -0.05) is 0 Å². The minimum absolute atomic E-state index is 0.0633. The SMILES string of the molecule is N#CCCN1CCC(n2c(=O)cnc3cnc4[nH]ccc4c32)CC1. The van der Waals surface area contributed by atoms with Gasteiger partial charge < -0.3 is 14.5 Å². The Balaban J connectivity index is 1.74. The molecule has 24 heavy (non-hydrogen) atoms. The lowest BCUT2D eigenvalue weighted by Crippen LogP contribution is -2.38. The predicted molar refractivity (Wildman–Crippen MR) is 90.6 cm³/mol. The van der Waals surface area contributed by atoms with Gasteiger partial charge in [-0.3, -0.25) is 4.79 Å². The number of fused-ring (bicyclic) bond motifs is 3. The van der Waals surface area contributed by atoms with E-state index < -0.39 is 0 Å². The molecule has 4 rings (SSSR count). The highest BCUT2D eigenvalue weighted by Crippen LogP contribution is 2.27. The van der Waals surface area contributed by atoms with Crippen molar-refractivity contribution in [3.63, 3.8) is 0 Å². The molecule has 0 amide bonds. The van der Waals surface area contributed by atoms with Gasteiger partial charge in [0.1, 0.15) is 11.2 Å². The zero-order chi connectivity index (χ0) is 16.5. The number of pyridine rings is 1. The van der Waals surface area contributed by atoms with Gasteiger partial charge in [0.25, 0.3) is 5.56 Å². The molecular weight excluding hydrogens is 304 g/mol. The molecule has 0 saturated carbocycles. The van der Waals surface area contributed by atoms with Crippen molar-refractivity contribution in [2.75, 3.05) is 19.6 Å². The van der Waals surface area contributed by atoms with Gasteiger partial charge in [-0.2, -0.15) is 5.26 Å². The minimum atomic E-state index is -0.0633. The molecule has 0 radical (unpaired) electrons. The lowest BCUT2D eigenvalue weighted by molar-refractivity contribution is 0.190. The average molecular weight is 322 g/mol. The third kappa shape index (κ3) is 2.45. The van der Waals surface area contributed by atoms with E-state index in [1.54, 1.807) is 6.20 Å². The summed E-state index contributed by atoms with van der Waals surface area (Å²) in [5.74, 6) is 0. The Kier molecular flexibility index (Phi) is 3.75. The van der Waals surface area contributed by atoms with Gasteiger partial charge >= 0.3 is 0 Å². The third-order valence-corrected chi connectivity index (χ3v) is 4.79. The maximum atomic E-state index is 12.6. The monoisotopic (exact) mass is 322 g/mol. The van der Waals surface area contributed by atoms with E-state index in [-0.39, 0.29) is 11.6 Å². The van der Waals surface area contributed by atoms with E-state index in [4.69, 9.17) is 5.26 Å². The Hall–Kier alpha value is -2.72. The van der Waals surface area contributed by atoms with Crippen LogP contribution in [-0.2, 0) is 0 Å². The molecule has 7 nitrogen and oxygen atoms in total. The molecule has 7 heteroatoms. The van der Waals surface area contributed by atoms with E-state index in [2.05, 4.69) is 25.9 Å². The molecule has 122 valence electrons. The standard InChI is InChI=1S/C17H18N6O/c18-5-1-7-22-8-3-12(4-9-22)23-15(24)11-20-14-10-21-17-13(16(14)23)2-6-19-17/h2,6,10-12H,1,3-4,7-9H2,(H,19,21). The first-order valence-electron chi connectivity index (χ1n) is 8.20. The van der Waals surface area contributed by atoms with Crippen molar-refractivity contribution in [2.24, 2.45) is 0 Å². The van der Waals surface area contributed by atoms with Gasteiger partial charge in [0.2, 0.25) is 0 Å². The van der Waals surface area contributed by atoms with Crippen LogP contribution in [0.5, 0.6) is 0 Å². The fraction of sp³-hybridized carbons (Fsp3) is 0.412. The summed E-state index contributed by atoms with van der Waals surface area (Å²) in [6.07, 6.45) is 7.30. The molecule has 1 aliphatic rings. The van der Waals surface area contributed by atoms with Crippen molar-refractivity contribution >= 4 is 22.1 Å². The van der Waals surface area contributed by atoms with Gasteiger partial charge in [0.15, 0.2) is 0 Å². The van der Waals surface area contributed by atoms with Crippen LogP contribution in [-0.4, -0.2) is 44.1 Å². The number of aromatic nitrogens is 4. The van der Waals surface area contributed by atoms with E-state index in [0.717, 1.165) is 54.5 Å². The number of hydrogen-bond donors (Lipinski definition) is 1. The van der Waals surface area contributed by atoms with Crippen LogP contribution in [0.25, 0.3) is 22.1 Å². The number of piperidine rings is 1. The summed E-state index contributed by atoms with van der Waals surface area (Å²) in [5.41, 5.74) is 2.32. The number of nitriles is 1. The normalized spacial score (nSPS) is 16.6. The molecule has 1 fully saturated rings. The molecule has 1 aliphatic heterocycles. The first-order chi connectivity index (χ1) is 11.8. The summed E-state index contributed by atoms with van der Waals surface area (Å²) in [4.78, 5) is 26.6. The van der Waals surface area contributed by atoms with Gasteiger partial charge in [-0.25, -0.2) is 9.97 Å². The molecule has 0 atom stereocenters. The molecule has 0 bridgehead atoms. The molecule has 0 spiro atoms. The second-order valence-corrected chi connectivity index (χ2v) is 6.18. The van der Waals surface area contributed by atoms with Crippen molar-refractivity contribution in [1.29, 1.82) is 5.26 Å². The number of likely N-dealkylation sites (tertiary alicyclic amines) is 1. The Morgan fingerprint density at radius 1 is 1.29 bits per heavy atom. The molecule has 4 heterocycles. The van der Waals surface area contributed by atoms with Crippen LogP contribution >= 0.6 is 0 Å². The Morgan fingerprint density at radius 2 is 2.12 bits per heavy atom. The van der Waals surface area contributed by atoms with E-state index in [9.17, 15) is 4.79 Å². The summed E-state index contributed by atoms with van der Waals surface area (Å²) < 4.78 is 1.89. The number of aromatic amines is 1. The highest BCUT2D eigenvalue weighted by Gasteiger charge is 2.23. The lowest BCUT2D eigenvalue weighted by Gasteiger charge is -2.32. The Labute approximate surface area is 138 Å². The Bertz CT molecular complexity index is 974. The fourth-order valence-corrected chi connectivity index (χ4v) is 3.60. The number of H-pyrrole nitrogens is 1. The van der Waals surface area contributed by atoms with E-state index >= 15 is 0 Å². The molecule has 3 aromatic rings. The number of hydrogen-bond acceptors (Lipinski definition) is 5. The largest absolute Gasteiger partial charge is 0.346 e. The third-order valence-electron chi connectivity index (χ3n) is 4.79. The fourth-order valence-electron chi connectivity index (χ4n) is 3.60. The zero-order valence-corrected chi connectivity index (χ0v) is 13.3. The van der Waals surface area contributed by atoms with Gasteiger partial charge in [0.05, 0.1) is 24.0 Å². The van der Waals surface area contributed by atoms with Crippen LogP contribution in [0.2, 0.25) is 0 Å². The highest BCUT2D eigenvalue weighted by molar-refractivity contribution is 6.00. The van der Waals surface area contributed by atoms with E-state index in [1.165, 1.54) is 6.20 Å². The van der Waals surface area contributed by atoms with E-state index in [0.29, 0.717) is 6.42 Å². The van der Waals surface area contributed by atoms with Gasteiger partial charge in [-0.05, 0) is 18.9 Å². The van der Waals surface area contributed by atoms with Crippen molar-refractivity contribution in [2.45, 2.75) is 25.3 Å². The number of rotatable bonds is 3. The smallest absolute Gasteiger partial charge is 0.269 e. The highest BCUT2D eigenvalue weighted by atomic mass is 16.1. The van der Waals surface area contributed by atoms with Crippen LogP contribution in [0, 0.1) is 11.3 Å². The first-order valence-corrected chi connectivity index (χ1v) is 8.20. The maximum absolute atomic E-state index is 12.6. The van der Waals surface area contributed by atoms with Crippen molar-refractivity contribution in [3.05, 3.63) is 35.0 Å². The van der Waals surface area contributed by atoms with Crippen molar-refractivity contribution in [3.8, 4) is 6.07 Å². The topological polar surface area (TPSA) is 90.6 Å². The predicted octanol–water partition coefficient (Wildman–Crippen LogP) is 1.82. The van der Waals surface area contributed by atoms with Crippen LogP contribution in [0.1, 0.15) is 25.3 Å². The molecular formula is C17H18N6O. The van der Waals surface area contributed by atoms with Crippen LogP contribution < -0.4 is 5.56 Å². The number of nitrogens with one attached hydrogen (secondary N) is 1. The molecule has 3 aromatic heterocycles. The summed E-state index contributed by atoms with van der Waals surface area (Å²) >= 11 is 0. The second kappa shape index (κ2) is 6.06. The quantitative estimate of drug-likeness (QED) is 0.794. The van der Waals surface area contributed by atoms with Gasteiger partial charge in [-0.15, -0.1) is 0 Å². The minimum Gasteiger partial charge on any atom is -0.346 e. The molecule has 0 unspecified atom stereocenters. The summed E-state index contributed by atoms with van der Waals surface area (Å²) in [6, 6.07) is 4.30. The summed E-state index contributed by atoms with van der Waals surface area (Å²) in [6.45, 7) is 2.62. The second-order valence-electron chi connectivity index (χ2n) is 6.18. The summed E-state index contributed by atoms with van der Waals surface area (Å²) in [5, 5.41) is 9.66. The molecule has 0 aliphatic carbocycles. The van der Waals surface area contributed by atoms with Gasteiger partial charge in [0, 0.05) is 43.7 Å². The lowest BCUT2D eigenvalue weighted by atomic mass is 10.0. The molecule has 0 aromatic carbocycles. The van der Waals surface area contributed by atoms with Crippen LogP contribution in [0.15, 0.2) is 29.5 Å². The Morgan fingerprint density at radius 3 is 2.92 bits per heavy atom. The summed E-state index contributed by atoms with van der Waals surface area (Å²) in [7, 11) is 0. The molecule has 1 N–H and O–H groups in total. The van der Waals surface area contributed by atoms with Crippen LogP contribution in [0.4, 0.5) is 0 Å².